The molecule has 0 fully saturated rings. The summed E-state index contributed by atoms with van der Waals surface area (Å²) in [5.74, 6) is 1.20. The Morgan fingerprint density at radius 1 is 1.10 bits per heavy atom. The van der Waals surface area contributed by atoms with Gasteiger partial charge >= 0.3 is 29.6 Å². The van der Waals surface area contributed by atoms with E-state index in [-0.39, 0.29) is 35.9 Å². The molecular formula is C16H27NaO3S. The minimum Gasteiger partial charge on any atom is -1.00 e. The van der Waals surface area contributed by atoms with Crippen LogP contribution >= 0.6 is 0 Å². The van der Waals surface area contributed by atoms with Gasteiger partial charge < -0.3 is 1.43 Å². The van der Waals surface area contributed by atoms with Crippen molar-refractivity contribution in [3.63, 3.8) is 0 Å². The van der Waals surface area contributed by atoms with Gasteiger partial charge in [-0.05, 0) is 36.0 Å². The summed E-state index contributed by atoms with van der Waals surface area (Å²) in [5.41, 5.74) is 1.13. The molecule has 0 bridgehead atoms. The minimum absolute atomic E-state index is 0. The molecule has 5 heteroatoms. The molecule has 0 heterocycles. The molecule has 0 saturated carbocycles. The van der Waals surface area contributed by atoms with Gasteiger partial charge in [0.1, 0.15) is 0 Å². The summed E-state index contributed by atoms with van der Waals surface area (Å²) in [6, 6.07) is 6.54. The van der Waals surface area contributed by atoms with Gasteiger partial charge in [0.25, 0.3) is 10.1 Å². The van der Waals surface area contributed by atoms with E-state index in [1.165, 1.54) is 37.8 Å². The zero-order chi connectivity index (χ0) is 15.2. The number of hydrogen-bond donors (Lipinski definition) is 1. The largest absolute Gasteiger partial charge is 1.00 e. The van der Waals surface area contributed by atoms with E-state index < -0.39 is 10.1 Å². The fourth-order valence-electron chi connectivity index (χ4n) is 2.54. The molecule has 0 saturated heterocycles. The third-order valence-corrected chi connectivity index (χ3v) is 4.73. The van der Waals surface area contributed by atoms with Crippen molar-refractivity contribution < 1.29 is 44.0 Å². The van der Waals surface area contributed by atoms with Crippen LogP contribution in [0.3, 0.4) is 0 Å². The summed E-state index contributed by atoms with van der Waals surface area (Å²) >= 11 is 0. The Morgan fingerprint density at radius 3 is 2.14 bits per heavy atom. The van der Waals surface area contributed by atoms with Gasteiger partial charge in [0.05, 0.1) is 4.90 Å². The molecule has 1 aromatic carbocycles. The third-order valence-electron chi connectivity index (χ3n) is 3.86. The van der Waals surface area contributed by atoms with Crippen LogP contribution in [0.15, 0.2) is 29.2 Å². The van der Waals surface area contributed by atoms with E-state index in [1.54, 1.807) is 12.1 Å². The molecule has 116 valence electrons. The second-order valence-corrected chi connectivity index (χ2v) is 7.19. The Labute approximate surface area is 153 Å². The van der Waals surface area contributed by atoms with Gasteiger partial charge in [-0.1, -0.05) is 58.6 Å². The summed E-state index contributed by atoms with van der Waals surface area (Å²) < 4.78 is 30.9. The maximum atomic E-state index is 11.0. The maximum Gasteiger partial charge on any atom is 1.00 e. The van der Waals surface area contributed by atoms with E-state index in [2.05, 4.69) is 20.8 Å². The second-order valence-electron chi connectivity index (χ2n) is 5.77. The Morgan fingerprint density at radius 2 is 1.67 bits per heavy atom. The molecule has 1 N–H and O–H groups in total. The summed E-state index contributed by atoms with van der Waals surface area (Å²) in [6.45, 7) is 6.68. The topological polar surface area (TPSA) is 54.4 Å². The first-order valence-corrected chi connectivity index (χ1v) is 8.86. The first kappa shape index (κ1) is 21.1. The molecular weight excluding hydrogens is 295 g/mol. The summed E-state index contributed by atoms with van der Waals surface area (Å²) in [7, 11) is -4.08. The van der Waals surface area contributed by atoms with E-state index >= 15 is 0 Å². The molecule has 0 radical (unpaired) electrons. The van der Waals surface area contributed by atoms with Gasteiger partial charge in [-0.3, -0.25) is 4.55 Å². The van der Waals surface area contributed by atoms with E-state index in [0.717, 1.165) is 17.9 Å². The Kier molecular flexibility index (Phi) is 10.1. The second kappa shape index (κ2) is 10.0. The van der Waals surface area contributed by atoms with E-state index in [0.29, 0.717) is 5.92 Å². The zero-order valence-electron chi connectivity index (χ0n) is 14.7. The molecule has 0 amide bonds. The van der Waals surface area contributed by atoms with Crippen molar-refractivity contribution in [3.05, 3.63) is 29.8 Å². The fourth-order valence-corrected chi connectivity index (χ4v) is 3.02. The van der Waals surface area contributed by atoms with Crippen LogP contribution < -0.4 is 29.6 Å². The third kappa shape index (κ3) is 7.80. The standard InChI is InChI=1S/C16H26O3S.Na.H/c1-4-6-13(2)7-5-8-14(3)15-9-11-16(12-10-15)20(17,18)19;;/h9-14H,4-8H2,1-3H3,(H,17,18,19);;/q;+1;-1. The van der Waals surface area contributed by atoms with Crippen LogP contribution in [0.5, 0.6) is 0 Å². The predicted molar refractivity (Wildman–Crippen MR) is 83.7 cm³/mol. The van der Waals surface area contributed by atoms with Crippen molar-refractivity contribution in [2.24, 2.45) is 5.92 Å². The van der Waals surface area contributed by atoms with Gasteiger partial charge in [0.2, 0.25) is 0 Å². The van der Waals surface area contributed by atoms with Crippen LogP contribution in [0.1, 0.15) is 65.8 Å². The van der Waals surface area contributed by atoms with Crippen LogP contribution in [-0.4, -0.2) is 13.0 Å². The van der Waals surface area contributed by atoms with Gasteiger partial charge in [-0.2, -0.15) is 8.42 Å². The molecule has 1 rings (SSSR count). The maximum absolute atomic E-state index is 11.0. The smallest absolute Gasteiger partial charge is 1.00 e. The molecule has 3 nitrogen and oxygen atoms in total. The fraction of sp³-hybridized carbons (Fsp3) is 0.625. The normalized spacial score (nSPS) is 14.3. The molecule has 0 aliphatic heterocycles. The predicted octanol–water partition coefficient (Wildman–Crippen LogP) is 1.76. The van der Waals surface area contributed by atoms with E-state index in [9.17, 15) is 8.42 Å². The van der Waals surface area contributed by atoms with Crippen molar-refractivity contribution in [2.75, 3.05) is 0 Å². The van der Waals surface area contributed by atoms with Crippen molar-refractivity contribution in [1.82, 2.24) is 0 Å². The average Bonchev–Trinajstić information content (AvgIpc) is 2.38. The van der Waals surface area contributed by atoms with Crippen LogP contribution in [-0.2, 0) is 10.1 Å². The summed E-state index contributed by atoms with van der Waals surface area (Å²) in [5, 5.41) is 0. The number of rotatable bonds is 8. The quantitative estimate of drug-likeness (QED) is 0.586. The van der Waals surface area contributed by atoms with E-state index in [4.69, 9.17) is 4.55 Å². The Bertz CT molecular complexity index is 503. The van der Waals surface area contributed by atoms with Crippen LogP contribution in [0.2, 0.25) is 0 Å². The first-order chi connectivity index (χ1) is 9.34. The monoisotopic (exact) mass is 322 g/mol. The molecule has 0 spiro atoms. The van der Waals surface area contributed by atoms with Gasteiger partial charge in [0, 0.05) is 0 Å². The Hall–Kier alpha value is 0.130. The van der Waals surface area contributed by atoms with Crippen LogP contribution in [0.4, 0.5) is 0 Å². The van der Waals surface area contributed by atoms with Crippen molar-refractivity contribution in [2.45, 2.75) is 63.7 Å². The summed E-state index contributed by atoms with van der Waals surface area (Å²) in [4.78, 5) is -0.0370. The molecule has 21 heavy (non-hydrogen) atoms. The van der Waals surface area contributed by atoms with Crippen LogP contribution in [0.25, 0.3) is 0 Å². The van der Waals surface area contributed by atoms with Crippen molar-refractivity contribution in [1.29, 1.82) is 0 Å². The zero-order valence-corrected chi connectivity index (χ0v) is 16.5. The Balaban J connectivity index is 0. The molecule has 2 atom stereocenters. The van der Waals surface area contributed by atoms with Crippen LogP contribution in [0, 0.1) is 5.92 Å². The first-order valence-electron chi connectivity index (χ1n) is 7.42. The van der Waals surface area contributed by atoms with Crippen molar-refractivity contribution in [3.8, 4) is 0 Å². The molecule has 0 aromatic heterocycles. The number of benzene rings is 1. The SMILES string of the molecule is CCCC(C)CCCC(C)c1ccc(S(=O)(=O)O)cc1.[H-].[Na+]. The molecule has 0 aliphatic carbocycles. The minimum atomic E-state index is -4.08. The average molecular weight is 322 g/mol. The van der Waals surface area contributed by atoms with Gasteiger partial charge in [-0.15, -0.1) is 0 Å². The number of hydrogen-bond acceptors (Lipinski definition) is 2. The van der Waals surface area contributed by atoms with Gasteiger partial charge in [0.15, 0.2) is 0 Å². The summed E-state index contributed by atoms with van der Waals surface area (Å²) in [6.07, 6.45) is 6.09. The van der Waals surface area contributed by atoms with Crippen molar-refractivity contribution >= 4 is 10.1 Å². The van der Waals surface area contributed by atoms with Gasteiger partial charge in [-0.25, -0.2) is 0 Å². The van der Waals surface area contributed by atoms with E-state index in [1.807, 2.05) is 0 Å². The molecule has 1 aromatic rings. The molecule has 0 aliphatic rings. The molecule has 2 unspecified atom stereocenters.